The summed E-state index contributed by atoms with van der Waals surface area (Å²) in [6.07, 6.45) is 5.13. The van der Waals surface area contributed by atoms with Gasteiger partial charge in [-0.3, -0.25) is 14.5 Å². The number of halogens is 1. The first-order valence-corrected chi connectivity index (χ1v) is 13.4. The van der Waals surface area contributed by atoms with Crippen molar-refractivity contribution in [2.75, 3.05) is 18.0 Å². The molecule has 1 aromatic rings. The molecule has 2 saturated heterocycles. The van der Waals surface area contributed by atoms with Gasteiger partial charge in [-0.1, -0.05) is 57.7 Å². The molecule has 37 heavy (non-hydrogen) atoms. The highest BCUT2D eigenvalue weighted by Crippen LogP contribution is 2.39. The third-order valence-electron chi connectivity index (χ3n) is 7.68. The summed E-state index contributed by atoms with van der Waals surface area (Å²) < 4.78 is 5.72. The number of hydrogen-bond acceptors (Lipinski definition) is 5. The molecule has 1 aliphatic carbocycles. The molecule has 1 saturated carbocycles. The van der Waals surface area contributed by atoms with Crippen molar-refractivity contribution in [3.63, 3.8) is 0 Å². The molecule has 0 bridgehead atoms. The zero-order valence-electron chi connectivity index (χ0n) is 21.7. The molecular weight excluding hydrogens is 498 g/mol. The van der Waals surface area contributed by atoms with E-state index < -0.39 is 41.1 Å². The number of carbonyl (C=O) groups is 4. The van der Waals surface area contributed by atoms with Crippen molar-refractivity contribution in [3.05, 3.63) is 29.3 Å². The molecule has 3 atom stereocenters. The molecule has 1 spiro atoms. The Balaban J connectivity index is 1.52. The highest BCUT2D eigenvalue weighted by molar-refractivity contribution is 6.30. The van der Waals surface area contributed by atoms with E-state index in [1.54, 1.807) is 24.3 Å². The van der Waals surface area contributed by atoms with Crippen LogP contribution in [0.2, 0.25) is 5.02 Å². The SMILES string of the molecule is CC(C)(C)C(NC(=O)CC1CCCCC1)C(=O)N1C[C@@]2(C[C@H]1C(=O)O)CN(c1cccc(Cl)c1)C(=O)O2. The number of aliphatic carboxylic acids is 1. The van der Waals surface area contributed by atoms with Gasteiger partial charge in [0.05, 0.1) is 13.1 Å². The van der Waals surface area contributed by atoms with Crippen molar-refractivity contribution in [3.8, 4) is 0 Å². The molecule has 0 aromatic heterocycles. The van der Waals surface area contributed by atoms with Crippen LogP contribution in [0.1, 0.15) is 65.7 Å². The van der Waals surface area contributed by atoms with E-state index >= 15 is 0 Å². The van der Waals surface area contributed by atoms with Gasteiger partial charge in [-0.2, -0.15) is 0 Å². The molecule has 3 fully saturated rings. The van der Waals surface area contributed by atoms with Crippen molar-refractivity contribution in [1.82, 2.24) is 10.2 Å². The van der Waals surface area contributed by atoms with Crippen LogP contribution in [-0.4, -0.2) is 64.7 Å². The minimum atomic E-state index is -1.18. The Labute approximate surface area is 222 Å². The molecular formula is C27H36ClN3O6. The number of anilines is 1. The number of carboxylic acids is 1. The van der Waals surface area contributed by atoms with Crippen molar-refractivity contribution < 1.29 is 29.0 Å². The molecule has 2 heterocycles. The van der Waals surface area contributed by atoms with E-state index in [0.29, 0.717) is 23.0 Å². The lowest BCUT2D eigenvalue weighted by Crippen LogP contribution is -2.57. The maximum absolute atomic E-state index is 13.8. The van der Waals surface area contributed by atoms with Gasteiger partial charge in [-0.05, 0) is 42.4 Å². The van der Waals surface area contributed by atoms with Gasteiger partial charge in [0.2, 0.25) is 11.8 Å². The van der Waals surface area contributed by atoms with E-state index in [9.17, 15) is 24.3 Å². The first kappa shape index (κ1) is 27.2. The van der Waals surface area contributed by atoms with E-state index in [0.717, 1.165) is 25.7 Å². The fourth-order valence-corrected chi connectivity index (χ4v) is 5.93. The smallest absolute Gasteiger partial charge is 0.415 e. The third kappa shape index (κ3) is 6.03. The predicted molar refractivity (Wildman–Crippen MR) is 138 cm³/mol. The van der Waals surface area contributed by atoms with E-state index in [-0.39, 0.29) is 25.4 Å². The van der Waals surface area contributed by atoms with Crippen LogP contribution in [0.4, 0.5) is 10.5 Å². The van der Waals surface area contributed by atoms with Gasteiger partial charge >= 0.3 is 12.1 Å². The Morgan fingerprint density at radius 1 is 1.19 bits per heavy atom. The second-order valence-corrected chi connectivity index (χ2v) is 12.2. The summed E-state index contributed by atoms with van der Waals surface area (Å²) in [5.41, 5.74) is -1.29. The molecule has 2 N–H and O–H groups in total. The number of likely N-dealkylation sites (tertiary alicyclic amines) is 1. The summed E-state index contributed by atoms with van der Waals surface area (Å²) in [6.45, 7) is 5.54. The van der Waals surface area contributed by atoms with Gasteiger partial charge in [0, 0.05) is 23.6 Å². The van der Waals surface area contributed by atoms with Gasteiger partial charge in [0.1, 0.15) is 12.1 Å². The molecule has 4 rings (SSSR count). The van der Waals surface area contributed by atoms with Gasteiger partial charge < -0.3 is 20.1 Å². The van der Waals surface area contributed by atoms with Gasteiger partial charge in [0.25, 0.3) is 0 Å². The zero-order chi connectivity index (χ0) is 27.0. The minimum absolute atomic E-state index is 0.0379. The van der Waals surface area contributed by atoms with E-state index in [1.165, 1.54) is 16.2 Å². The third-order valence-corrected chi connectivity index (χ3v) is 7.91. The minimum Gasteiger partial charge on any atom is -0.480 e. The largest absolute Gasteiger partial charge is 0.480 e. The first-order chi connectivity index (χ1) is 17.4. The molecule has 3 aliphatic rings. The number of carbonyl (C=O) groups excluding carboxylic acids is 3. The van der Waals surface area contributed by atoms with Crippen LogP contribution in [0.5, 0.6) is 0 Å². The number of hydrogen-bond donors (Lipinski definition) is 2. The van der Waals surface area contributed by atoms with Crippen LogP contribution in [0.25, 0.3) is 0 Å². The summed E-state index contributed by atoms with van der Waals surface area (Å²) in [5.74, 6) is -1.54. The lowest BCUT2D eigenvalue weighted by atomic mass is 9.84. The maximum atomic E-state index is 13.8. The molecule has 9 nitrogen and oxygen atoms in total. The first-order valence-electron chi connectivity index (χ1n) is 13.0. The normalized spacial score (nSPS) is 25.3. The van der Waals surface area contributed by atoms with Crippen LogP contribution >= 0.6 is 11.6 Å². The van der Waals surface area contributed by atoms with Crippen LogP contribution in [0, 0.1) is 11.3 Å². The summed E-state index contributed by atoms with van der Waals surface area (Å²) in [7, 11) is 0. The second kappa shape index (κ2) is 10.5. The molecule has 1 unspecified atom stereocenters. The maximum Gasteiger partial charge on any atom is 0.415 e. The Hall–Kier alpha value is -2.81. The monoisotopic (exact) mass is 533 g/mol. The fourth-order valence-electron chi connectivity index (χ4n) is 5.74. The van der Waals surface area contributed by atoms with Crippen molar-refractivity contribution in [2.45, 2.75) is 83.4 Å². The molecule has 3 amide bonds. The van der Waals surface area contributed by atoms with E-state index in [1.807, 2.05) is 20.8 Å². The van der Waals surface area contributed by atoms with Gasteiger partial charge in [-0.15, -0.1) is 0 Å². The summed E-state index contributed by atoms with van der Waals surface area (Å²) in [4.78, 5) is 54.5. The Morgan fingerprint density at radius 3 is 2.51 bits per heavy atom. The van der Waals surface area contributed by atoms with Crippen LogP contribution in [-0.2, 0) is 19.1 Å². The average Bonchev–Trinajstić information content (AvgIpc) is 3.36. The summed E-state index contributed by atoms with van der Waals surface area (Å²) in [5, 5.41) is 13.4. The summed E-state index contributed by atoms with van der Waals surface area (Å²) in [6, 6.07) is 4.65. The van der Waals surface area contributed by atoms with Gasteiger partial charge in [-0.25, -0.2) is 9.59 Å². The molecule has 10 heteroatoms. The zero-order valence-corrected chi connectivity index (χ0v) is 22.4. The summed E-state index contributed by atoms with van der Waals surface area (Å²) >= 11 is 6.09. The van der Waals surface area contributed by atoms with Gasteiger partial charge in [0.15, 0.2) is 5.60 Å². The Bertz CT molecular complexity index is 1070. The van der Waals surface area contributed by atoms with Crippen molar-refractivity contribution >= 4 is 41.2 Å². The highest BCUT2D eigenvalue weighted by atomic mass is 35.5. The molecule has 0 radical (unpaired) electrons. The van der Waals surface area contributed by atoms with Crippen molar-refractivity contribution in [1.29, 1.82) is 0 Å². The molecule has 202 valence electrons. The Morgan fingerprint density at radius 2 is 1.89 bits per heavy atom. The van der Waals surface area contributed by atoms with Crippen LogP contribution in [0.15, 0.2) is 24.3 Å². The fraction of sp³-hybridized carbons (Fsp3) is 0.630. The number of carboxylic acid groups (broad SMARTS) is 1. The number of benzene rings is 1. The topological polar surface area (TPSA) is 116 Å². The predicted octanol–water partition coefficient (Wildman–Crippen LogP) is 4.22. The molecule has 1 aromatic carbocycles. The second-order valence-electron chi connectivity index (χ2n) is 11.7. The number of nitrogens with zero attached hydrogens (tertiary/aromatic N) is 2. The van der Waals surface area contributed by atoms with E-state index in [4.69, 9.17) is 16.3 Å². The van der Waals surface area contributed by atoms with Crippen LogP contribution in [0.3, 0.4) is 0 Å². The quantitative estimate of drug-likeness (QED) is 0.565. The average molecular weight is 534 g/mol. The molecule has 2 aliphatic heterocycles. The van der Waals surface area contributed by atoms with E-state index in [2.05, 4.69) is 5.32 Å². The number of nitrogens with one attached hydrogen (secondary N) is 1. The standard InChI is InChI=1S/C27H36ClN3O6/c1-26(2,3)22(29-21(32)12-17-8-5-4-6-9-17)23(33)31-16-27(14-20(31)24(34)35)15-30(25(36)37-27)19-11-7-10-18(28)13-19/h7,10-11,13,17,20,22H,4-6,8-9,12,14-16H2,1-3H3,(H,29,32)(H,34,35)/t20-,22?,27+/m0/s1. The lowest BCUT2D eigenvalue weighted by molar-refractivity contribution is -0.150. The highest BCUT2D eigenvalue weighted by Gasteiger charge is 2.57. The number of amides is 3. The van der Waals surface area contributed by atoms with Crippen molar-refractivity contribution in [2.24, 2.45) is 11.3 Å². The van der Waals surface area contributed by atoms with Crippen LogP contribution < -0.4 is 10.2 Å². The number of ether oxygens (including phenoxy) is 1. The number of rotatable bonds is 6. The Kier molecular flexibility index (Phi) is 7.74. The lowest BCUT2D eigenvalue weighted by Gasteiger charge is -2.35.